The molecular weight excluding hydrogens is 344 g/mol. The van der Waals surface area contributed by atoms with Crippen molar-refractivity contribution in [1.82, 2.24) is 9.38 Å². The molecule has 0 amide bonds. The van der Waals surface area contributed by atoms with Crippen LogP contribution in [0.2, 0.25) is 0 Å². The molecule has 1 unspecified atom stereocenters. The standard InChI is InChI=1S/C19H20N2O.3C2H6/c1-13-17(11-12-21-15(3)14(2)20-19(13)21)18(22)10-9-16-7-5-4-6-8-16;3*1-2/h4-12,18,22H,1-3H3;3*1-2H3/b10-9+;;;. The number of aromatic nitrogens is 2. The van der Waals surface area contributed by atoms with E-state index in [1.807, 2.05) is 110 Å². The highest BCUT2D eigenvalue weighted by molar-refractivity contribution is 5.56. The first-order valence-corrected chi connectivity index (χ1v) is 10.4. The van der Waals surface area contributed by atoms with Crippen molar-refractivity contribution in [3.63, 3.8) is 0 Å². The van der Waals surface area contributed by atoms with Crippen molar-refractivity contribution < 1.29 is 5.11 Å². The van der Waals surface area contributed by atoms with Crippen LogP contribution in [0.5, 0.6) is 0 Å². The van der Waals surface area contributed by atoms with Gasteiger partial charge >= 0.3 is 0 Å². The molecule has 2 heterocycles. The Hall–Kier alpha value is -2.39. The molecule has 0 radical (unpaired) electrons. The summed E-state index contributed by atoms with van der Waals surface area (Å²) in [6.45, 7) is 18.1. The number of aryl methyl sites for hydroxylation is 3. The zero-order valence-electron chi connectivity index (χ0n) is 19.1. The average Bonchev–Trinajstić information content (AvgIpc) is 3.06. The third kappa shape index (κ3) is 6.35. The summed E-state index contributed by atoms with van der Waals surface area (Å²) in [5.41, 5.74) is 6.06. The van der Waals surface area contributed by atoms with E-state index < -0.39 is 6.10 Å². The van der Waals surface area contributed by atoms with E-state index in [1.54, 1.807) is 0 Å². The highest BCUT2D eigenvalue weighted by Crippen LogP contribution is 2.24. The number of aliphatic hydroxyl groups is 1. The maximum absolute atomic E-state index is 10.5. The second-order valence-electron chi connectivity index (χ2n) is 5.59. The highest BCUT2D eigenvalue weighted by atomic mass is 16.3. The van der Waals surface area contributed by atoms with Crippen LogP contribution >= 0.6 is 0 Å². The lowest BCUT2D eigenvalue weighted by Crippen LogP contribution is -2.00. The molecule has 3 aromatic rings. The summed E-state index contributed by atoms with van der Waals surface area (Å²) in [6.07, 6.45) is 5.10. The molecule has 1 atom stereocenters. The summed E-state index contributed by atoms with van der Waals surface area (Å²) in [4.78, 5) is 4.60. The number of aliphatic hydroxyl groups excluding tert-OH is 1. The van der Waals surface area contributed by atoms with Gasteiger partial charge in [0, 0.05) is 11.9 Å². The molecule has 0 bridgehead atoms. The van der Waals surface area contributed by atoms with Gasteiger partial charge < -0.3 is 9.51 Å². The summed E-state index contributed by atoms with van der Waals surface area (Å²) in [7, 11) is 0. The van der Waals surface area contributed by atoms with E-state index in [2.05, 4.69) is 16.3 Å². The highest BCUT2D eigenvalue weighted by Gasteiger charge is 2.13. The van der Waals surface area contributed by atoms with Gasteiger partial charge in [-0.2, -0.15) is 0 Å². The van der Waals surface area contributed by atoms with Crippen molar-refractivity contribution in [2.24, 2.45) is 0 Å². The first-order valence-electron chi connectivity index (χ1n) is 10.4. The van der Waals surface area contributed by atoms with Crippen molar-refractivity contribution >= 4 is 11.7 Å². The predicted molar refractivity (Wildman–Crippen MR) is 124 cm³/mol. The van der Waals surface area contributed by atoms with E-state index in [1.165, 1.54) is 0 Å². The number of hydrogen-bond donors (Lipinski definition) is 1. The summed E-state index contributed by atoms with van der Waals surface area (Å²) < 4.78 is 2.07. The van der Waals surface area contributed by atoms with Crippen LogP contribution in [0, 0.1) is 20.8 Å². The second-order valence-corrected chi connectivity index (χ2v) is 5.59. The molecule has 0 spiro atoms. The monoisotopic (exact) mass is 382 g/mol. The number of pyridine rings is 1. The van der Waals surface area contributed by atoms with Crippen molar-refractivity contribution in [2.75, 3.05) is 0 Å². The molecule has 2 aromatic heterocycles. The van der Waals surface area contributed by atoms with E-state index >= 15 is 0 Å². The normalized spacial score (nSPS) is 10.9. The molecule has 0 aliphatic rings. The van der Waals surface area contributed by atoms with Crippen molar-refractivity contribution in [1.29, 1.82) is 0 Å². The fraction of sp³-hybridized carbons (Fsp3) is 0.400. The lowest BCUT2D eigenvalue weighted by atomic mass is 10.0. The topological polar surface area (TPSA) is 37.5 Å². The minimum atomic E-state index is -0.637. The molecule has 0 fully saturated rings. The minimum Gasteiger partial charge on any atom is -0.384 e. The van der Waals surface area contributed by atoms with Gasteiger partial charge in [-0.25, -0.2) is 4.98 Å². The van der Waals surface area contributed by atoms with Gasteiger partial charge in [0.1, 0.15) is 5.65 Å². The zero-order chi connectivity index (χ0) is 21.7. The van der Waals surface area contributed by atoms with Crippen molar-refractivity contribution in [3.05, 3.63) is 76.7 Å². The van der Waals surface area contributed by atoms with Crippen LogP contribution in [0.1, 0.15) is 75.7 Å². The van der Waals surface area contributed by atoms with Crippen molar-refractivity contribution in [3.8, 4) is 0 Å². The van der Waals surface area contributed by atoms with Crippen LogP contribution in [-0.4, -0.2) is 14.5 Å². The zero-order valence-corrected chi connectivity index (χ0v) is 19.1. The first-order chi connectivity index (χ1) is 13.6. The predicted octanol–water partition coefficient (Wildman–Crippen LogP) is 7.08. The molecule has 0 aliphatic carbocycles. The minimum absolute atomic E-state index is 0.637. The molecule has 28 heavy (non-hydrogen) atoms. The third-order valence-electron chi connectivity index (χ3n) is 4.15. The van der Waals surface area contributed by atoms with Crippen molar-refractivity contribution in [2.45, 2.75) is 68.4 Å². The van der Waals surface area contributed by atoms with Crippen LogP contribution in [0.15, 0.2) is 48.7 Å². The second kappa shape index (κ2) is 13.7. The molecule has 154 valence electrons. The van der Waals surface area contributed by atoms with Gasteiger partial charge in [-0.1, -0.05) is 84.0 Å². The largest absolute Gasteiger partial charge is 0.384 e. The van der Waals surface area contributed by atoms with E-state index in [0.29, 0.717) is 0 Å². The lowest BCUT2D eigenvalue weighted by Gasteiger charge is -2.11. The maximum atomic E-state index is 10.5. The van der Waals surface area contributed by atoms with E-state index in [9.17, 15) is 5.11 Å². The molecule has 1 N–H and O–H groups in total. The van der Waals surface area contributed by atoms with Gasteiger partial charge in [0.25, 0.3) is 0 Å². The number of benzene rings is 1. The Bertz CT molecular complexity index is 833. The Labute approximate surface area is 171 Å². The SMILES string of the molecule is CC.CC.CC.Cc1nc2c(C)c(C(O)/C=C/c3ccccc3)ccn2c1C. The average molecular weight is 383 g/mol. The van der Waals surface area contributed by atoms with Crippen LogP contribution in [0.4, 0.5) is 0 Å². The molecule has 1 aromatic carbocycles. The fourth-order valence-corrected chi connectivity index (χ4v) is 2.67. The number of hydrogen-bond acceptors (Lipinski definition) is 2. The number of nitrogens with zero attached hydrogens (tertiary/aromatic N) is 2. The molecule has 0 aliphatic heterocycles. The van der Waals surface area contributed by atoms with E-state index in [0.717, 1.165) is 33.7 Å². The van der Waals surface area contributed by atoms with Gasteiger partial charge in [-0.15, -0.1) is 0 Å². The Morgan fingerprint density at radius 1 is 0.893 bits per heavy atom. The number of rotatable bonds is 3. The summed E-state index contributed by atoms with van der Waals surface area (Å²) in [5.74, 6) is 0. The van der Waals surface area contributed by atoms with Gasteiger partial charge in [-0.05, 0) is 43.5 Å². The summed E-state index contributed by atoms with van der Waals surface area (Å²) in [5, 5.41) is 10.5. The summed E-state index contributed by atoms with van der Waals surface area (Å²) in [6, 6.07) is 11.9. The molecule has 0 saturated heterocycles. The van der Waals surface area contributed by atoms with Gasteiger partial charge in [0.05, 0.1) is 11.8 Å². The number of fused-ring (bicyclic) bond motifs is 1. The quantitative estimate of drug-likeness (QED) is 0.525. The smallest absolute Gasteiger partial charge is 0.140 e. The summed E-state index contributed by atoms with van der Waals surface area (Å²) >= 11 is 0. The van der Waals surface area contributed by atoms with Crippen LogP contribution in [0.3, 0.4) is 0 Å². The maximum Gasteiger partial charge on any atom is 0.140 e. The molecular formula is C25H38N2O. The number of imidazole rings is 1. The Morgan fingerprint density at radius 3 is 2.04 bits per heavy atom. The molecule has 3 heteroatoms. The molecule has 3 nitrogen and oxygen atoms in total. The van der Waals surface area contributed by atoms with E-state index in [4.69, 9.17) is 0 Å². The molecule has 3 rings (SSSR count). The third-order valence-corrected chi connectivity index (χ3v) is 4.15. The van der Waals surface area contributed by atoms with Crippen LogP contribution in [-0.2, 0) is 0 Å². The van der Waals surface area contributed by atoms with Crippen LogP contribution < -0.4 is 0 Å². The lowest BCUT2D eigenvalue weighted by molar-refractivity contribution is 0.229. The first kappa shape index (κ1) is 25.6. The Balaban J connectivity index is 0.00000111. The van der Waals surface area contributed by atoms with E-state index in [-0.39, 0.29) is 0 Å². The van der Waals surface area contributed by atoms with Gasteiger partial charge in [0.15, 0.2) is 0 Å². The molecule has 0 saturated carbocycles. The fourth-order valence-electron chi connectivity index (χ4n) is 2.67. The van der Waals surface area contributed by atoms with Crippen LogP contribution in [0.25, 0.3) is 11.7 Å². The van der Waals surface area contributed by atoms with Gasteiger partial charge in [0.2, 0.25) is 0 Å². The Kier molecular flexibility index (Phi) is 12.6. The van der Waals surface area contributed by atoms with Gasteiger partial charge in [-0.3, -0.25) is 0 Å². The Morgan fingerprint density at radius 2 is 1.46 bits per heavy atom.